The number of hydrogen-bond acceptors (Lipinski definition) is 5. The molecular weight excluding hydrogens is 294 g/mol. The first kappa shape index (κ1) is 17.6. The summed E-state index contributed by atoms with van der Waals surface area (Å²) in [4.78, 5) is 11.4. The van der Waals surface area contributed by atoms with E-state index in [0.717, 1.165) is 0 Å². The van der Waals surface area contributed by atoms with Crippen molar-refractivity contribution in [1.82, 2.24) is 4.72 Å². The molecule has 0 aliphatic rings. The van der Waals surface area contributed by atoms with Gasteiger partial charge in [0.2, 0.25) is 10.0 Å². The quantitative estimate of drug-likeness (QED) is 0.737. The van der Waals surface area contributed by atoms with Crippen LogP contribution in [0.3, 0.4) is 0 Å². The van der Waals surface area contributed by atoms with Crippen LogP contribution < -0.4 is 4.72 Å². The predicted octanol–water partition coefficient (Wildman–Crippen LogP) is 1.16. The minimum atomic E-state index is -3.76. The SMILES string of the molecule is COC(=O)c1cccc(S(=O)(=O)NC(CCO)C(C)C)c1. The molecule has 0 spiro atoms. The van der Waals surface area contributed by atoms with E-state index in [1.54, 1.807) is 0 Å². The molecule has 0 amide bonds. The normalized spacial score (nSPS) is 13.2. The molecule has 0 saturated heterocycles. The average molecular weight is 315 g/mol. The van der Waals surface area contributed by atoms with Gasteiger partial charge >= 0.3 is 5.97 Å². The fourth-order valence-corrected chi connectivity index (χ4v) is 3.31. The Kier molecular flexibility index (Phi) is 6.32. The number of hydrogen-bond donors (Lipinski definition) is 2. The molecule has 0 fully saturated rings. The van der Waals surface area contributed by atoms with E-state index >= 15 is 0 Å². The number of nitrogens with one attached hydrogen (secondary N) is 1. The summed E-state index contributed by atoms with van der Waals surface area (Å²) in [5.41, 5.74) is 0.170. The van der Waals surface area contributed by atoms with Gasteiger partial charge in [0.25, 0.3) is 0 Å². The third-order valence-electron chi connectivity index (χ3n) is 3.12. The monoisotopic (exact) mass is 315 g/mol. The van der Waals surface area contributed by atoms with Crippen molar-refractivity contribution in [1.29, 1.82) is 0 Å². The Bertz CT molecular complexity index is 583. The smallest absolute Gasteiger partial charge is 0.337 e. The molecule has 1 unspecified atom stereocenters. The topological polar surface area (TPSA) is 92.7 Å². The molecule has 0 aliphatic heterocycles. The average Bonchev–Trinajstić information content (AvgIpc) is 2.45. The van der Waals surface area contributed by atoms with E-state index in [0.29, 0.717) is 6.42 Å². The third kappa shape index (κ3) is 4.80. The second-order valence-electron chi connectivity index (χ2n) is 5.00. The first-order chi connectivity index (χ1) is 9.81. The Labute approximate surface area is 125 Å². The van der Waals surface area contributed by atoms with Gasteiger partial charge in [0, 0.05) is 12.6 Å². The lowest BCUT2D eigenvalue weighted by Crippen LogP contribution is -2.39. The van der Waals surface area contributed by atoms with Crippen molar-refractivity contribution >= 4 is 16.0 Å². The van der Waals surface area contributed by atoms with Crippen molar-refractivity contribution in [3.8, 4) is 0 Å². The summed E-state index contributed by atoms with van der Waals surface area (Å²) in [5.74, 6) is -0.557. The highest BCUT2D eigenvalue weighted by atomic mass is 32.2. The van der Waals surface area contributed by atoms with Crippen LogP contribution in [0.5, 0.6) is 0 Å². The summed E-state index contributed by atoms with van der Waals surface area (Å²) in [5, 5.41) is 9.01. The summed E-state index contributed by atoms with van der Waals surface area (Å²) in [6.45, 7) is 3.63. The van der Waals surface area contributed by atoms with Crippen molar-refractivity contribution < 1.29 is 23.1 Å². The predicted molar refractivity (Wildman–Crippen MR) is 78.4 cm³/mol. The summed E-state index contributed by atoms with van der Waals surface area (Å²) >= 11 is 0. The van der Waals surface area contributed by atoms with Crippen LogP contribution in [0.2, 0.25) is 0 Å². The first-order valence-electron chi connectivity index (χ1n) is 6.63. The van der Waals surface area contributed by atoms with E-state index in [4.69, 9.17) is 5.11 Å². The second-order valence-corrected chi connectivity index (χ2v) is 6.72. The minimum absolute atomic E-state index is 0.00557. The molecule has 0 bridgehead atoms. The number of ether oxygens (including phenoxy) is 1. The fraction of sp³-hybridized carbons (Fsp3) is 0.500. The summed E-state index contributed by atoms with van der Waals surface area (Å²) in [6, 6.07) is 5.27. The number of aliphatic hydroxyl groups excluding tert-OH is 1. The number of carbonyl (C=O) groups is 1. The number of benzene rings is 1. The molecule has 2 N–H and O–H groups in total. The van der Waals surface area contributed by atoms with Crippen molar-refractivity contribution in [3.63, 3.8) is 0 Å². The highest BCUT2D eigenvalue weighted by Crippen LogP contribution is 2.15. The van der Waals surface area contributed by atoms with Crippen LogP contribution in [-0.2, 0) is 14.8 Å². The van der Waals surface area contributed by atoms with E-state index in [9.17, 15) is 13.2 Å². The zero-order valence-electron chi connectivity index (χ0n) is 12.4. The largest absolute Gasteiger partial charge is 0.465 e. The Morgan fingerprint density at radius 3 is 2.57 bits per heavy atom. The Hall–Kier alpha value is -1.44. The molecule has 1 aromatic carbocycles. The van der Waals surface area contributed by atoms with Gasteiger partial charge < -0.3 is 9.84 Å². The van der Waals surface area contributed by atoms with E-state index in [2.05, 4.69) is 9.46 Å². The van der Waals surface area contributed by atoms with Crippen LogP contribution in [0.15, 0.2) is 29.2 Å². The number of carbonyl (C=O) groups excluding carboxylic acids is 1. The summed E-state index contributed by atoms with van der Waals surface area (Å²) < 4.78 is 31.8. The lowest BCUT2D eigenvalue weighted by molar-refractivity contribution is 0.0600. The highest BCUT2D eigenvalue weighted by Gasteiger charge is 2.23. The Balaban J connectivity index is 3.04. The van der Waals surface area contributed by atoms with Gasteiger partial charge in [0.05, 0.1) is 17.6 Å². The van der Waals surface area contributed by atoms with Crippen LogP contribution in [-0.4, -0.2) is 39.3 Å². The molecule has 118 valence electrons. The van der Waals surface area contributed by atoms with Crippen LogP contribution in [0.25, 0.3) is 0 Å². The van der Waals surface area contributed by atoms with Gasteiger partial charge in [-0.1, -0.05) is 19.9 Å². The zero-order valence-corrected chi connectivity index (χ0v) is 13.2. The van der Waals surface area contributed by atoms with E-state index in [1.807, 2.05) is 13.8 Å². The molecule has 1 aromatic rings. The Morgan fingerprint density at radius 1 is 1.38 bits per heavy atom. The molecule has 0 saturated carbocycles. The zero-order chi connectivity index (χ0) is 16.0. The lowest BCUT2D eigenvalue weighted by Gasteiger charge is -2.21. The van der Waals surface area contributed by atoms with Crippen LogP contribution in [0, 0.1) is 5.92 Å². The maximum atomic E-state index is 12.3. The lowest BCUT2D eigenvalue weighted by atomic mass is 10.0. The molecule has 7 heteroatoms. The third-order valence-corrected chi connectivity index (χ3v) is 4.60. The van der Waals surface area contributed by atoms with E-state index in [-0.39, 0.29) is 29.0 Å². The number of sulfonamides is 1. The van der Waals surface area contributed by atoms with E-state index < -0.39 is 16.0 Å². The first-order valence-corrected chi connectivity index (χ1v) is 8.11. The highest BCUT2D eigenvalue weighted by molar-refractivity contribution is 7.89. The van der Waals surface area contributed by atoms with Gasteiger partial charge in [0.15, 0.2) is 0 Å². The van der Waals surface area contributed by atoms with Crippen LogP contribution in [0.1, 0.15) is 30.6 Å². The number of rotatable bonds is 7. The number of methoxy groups -OCH3 is 1. The number of esters is 1. The maximum Gasteiger partial charge on any atom is 0.337 e. The summed E-state index contributed by atoms with van der Waals surface area (Å²) in [7, 11) is -2.53. The van der Waals surface area contributed by atoms with Crippen LogP contribution >= 0.6 is 0 Å². The van der Waals surface area contributed by atoms with Gasteiger partial charge in [-0.05, 0) is 30.5 Å². The van der Waals surface area contributed by atoms with Crippen molar-refractivity contribution in [2.45, 2.75) is 31.2 Å². The maximum absolute atomic E-state index is 12.3. The van der Waals surface area contributed by atoms with Gasteiger partial charge in [-0.15, -0.1) is 0 Å². The van der Waals surface area contributed by atoms with Crippen molar-refractivity contribution in [2.75, 3.05) is 13.7 Å². The molecule has 0 radical (unpaired) electrons. The number of aliphatic hydroxyl groups is 1. The standard InChI is InChI=1S/C14H21NO5S/c1-10(2)13(7-8-16)15-21(18,19)12-6-4-5-11(9-12)14(17)20-3/h4-6,9-10,13,15-16H,7-8H2,1-3H3. The van der Waals surface area contributed by atoms with Gasteiger partial charge in [-0.25, -0.2) is 17.9 Å². The van der Waals surface area contributed by atoms with Gasteiger partial charge in [-0.2, -0.15) is 0 Å². The van der Waals surface area contributed by atoms with Crippen LogP contribution in [0.4, 0.5) is 0 Å². The fourth-order valence-electron chi connectivity index (χ4n) is 1.84. The molecule has 0 aromatic heterocycles. The van der Waals surface area contributed by atoms with Crippen molar-refractivity contribution in [3.05, 3.63) is 29.8 Å². The van der Waals surface area contributed by atoms with E-state index in [1.165, 1.54) is 31.4 Å². The minimum Gasteiger partial charge on any atom is -0.465 e. The molecule has 21 heavy (non-hydrogen) atoms. The van der Waals surface area contributed by atoms with Gasteiger partial charge in [0.1, 0.15) is 0 Å². The van der Waals surface area contributed by atoms with Gasteiger partial charge in [-0.3, -0.25) is 0 Å². The molecule has 0 aliphatic carbocycles. The van der Waals surface area contributed by atoms with Crippen molar-refractivity contribution in [2.24, 2.45) is 5.92 Å². The summed E-state index contributed by atoms with van der Waals surface area (Å²) in [6.07, 6.45) is 0.327. The Morgan fingerprint density at radius 2 is 2.05 bits per heavy atom. The molecule has 1 atom stereocenters. The molecule has 0 heterocycles. The second kappa shape index (κ2) is 7.53. The molecular formula is C14H21NO5S. The molecule has 6 nitrogen and oxygen atoms in total. The molecule has 1 rings (SSSR count).